The molecule has 3 nitrogen and oxygen atoms in total. The van der Waals surface area contributed by atoms with Crippen molar-refractivity contribution in [3.63, 3.8) is 0 Å². The standard InChI is InChI=1S/C14H21NO2/c1-16-10-8-12-4-6-14(7-5-12)17-11-13-3-2-9-15-13/h4-7,13,15H,2-3,8-11H2,1H3/t13-/m1/s1. The van der Waals surface area contributed by atoms with Crippen LogP contribution in [-0.2, 0) is 11.2 Å². The normalized spacial score (nSPS) is 19.5. The average Bonchev–Trinajstić information content (AvgIpc) is 2.88. The number of ether oxygens (including phenoxy) is 2. The molecule has 0 radical (unpaired) electrons. The first-order chi connectivity index (χ1) is 8.38. The van der Waals surface area contributed by atoms with E-state index in [2.05, 4.69) is 17.4 Å². The van der Waals surface area contributed by atoms with Crippen LogP contribution in [0, 0.1) is 0 Å². The summed E-state index contributed by atoms with van der Waals surface area (Å²) in [5.41, 5.74) is 1.29. The fraction of sp³-hybridized carbons (Fsp3) is 0.571. The van der Waals surface area contributed by atoms with Crippen LogP contribution >= 0.6 is 0 Å². The summed E-state index contributed by atoms with van der Waals surface area (Å²) < 4.78 is 10.8. The van der Waals surface area contributed by atoms with Gasteiger partial charge in [0, 0.05) is 13.2 Å². The van der Waals surface area contributed by atoms with E-state index in [-0.39, 0.29) is 0 Å². The second-order valence-electron chi connectivity index (χ2n) is 4.49. The van der Waals surface area contributed by atoms with Crippen molar-refractivity contribution in [3.05, 3.63) is 29.8 Å². The molecule has 0 unspecified atom stereocenters. The zero-order valence-electron chi connectivity index (χ0n) is 10.4. The van der Waals surface area contributed by atoms with E-state index in [1.807, 2.05) is 12.1 Å². The Hall–Kier alpha value is -1.06. The Morgan fingerprint density at radius 2 is 2.12 bits per heavy atom. The van der Waals surface area contributed by atoms with Crippen LogP contribution < -0.4 is 10.1 Å². The van der Waals surface area contributed by atoms with Crippen molar-refractivity contribution in [2.45, 2.75) is 25.3 Å². The van der Waals surface area contributed by atoms with Crippen LogP contribution in [0.15, 0.2) is 24.3 Å². The molecular weight excluding hydrogens is 214 g/mol. The van der Waals surface area contributed by atoms with E-state index in [4.69, 9.17) is 9.47 Å². The molecule has 1 aromatic carbocycles. The van der Waals surface area contributed by atoms with Gasteiger partial charge in [0.15, 0.2) is 0 Å². The molecule has 17 heavy (non-hydrogen) atoms. The summed E-state index contributed by atoms with van der Waals surface area (Å²) in [5, 5.41) is 3.42. The summed E-state index contributed by atoms with van der Waals surface area (Å²) in [6, 6.07) is 8.83. The molecule has 0 spiro atoms. The lowest BCUT2D eigenvalue weighted by Crippen LogP contribution is -2.28. The van der Waals surface area contributed by atoms with Crippen LogP contribution in [0.1, 0.15) is 18.4 Å². The van der Waals surface area contributed by atoms with E-state index in [1.54, 1.807) is 7.11 Å². The third kappa shape index (κ3) is 4.02. The van der Waals surface area contributed by atoms with Gasteiger partial charge in [-0.2, -0.15) is 0 Å². The Morgan fingerprint density at radius 1 is 1.29 bits per heavy atom. The van der Waals surface area contributed by atoms with E-state index in [9.17, 15) is 0 Å². The Bertz CT molecular complexity index is 317. The number of benzene rings is 1. The predicted octanol–water partition coefficient (Wildman–Crippen LogP) is 2.01. The van der Waals surface area contributed by atoms with Gasteiger partial charge < -0.3 is 14.8 Å². The number of nitrogens with one attached hydrogen (secondary N) is 1. The van der Waals surface area contributed by atoms with Crippen molar-refractivity contribution in [2.24, 2.45) is 0 Å². The first-order valence-corrected chi connectivity index (χ1v) is 6.32. The largest absolute Gasteiger partial charge is 0.492 e. The molecule has 0 amide bonds. The van der Waals surface area contributed by atoms with Gasteiger partial charge in [-0.1, -0.05) is 12.1 Å². The predicted molar refractivity (Wildman–Crippen MR) is 68.5 cm³/mol. The van der Waals surface area contributed by atoms with E-state index in [1.165, 1.54) is 18.4 Å². The highest BCUT2D eigenvalue weighted by molar-refractivity contribution is 5.27. The summed E-state index contributed by atoms with van der Waals surface area (Å²) in [6.07, 6.45) is 3.46. The summed E-state index contributed by atoms with van der Waals surface area (Å²) >= 11 is 0. The molecule has 0 saturated carbocycles. The van der Waals surface area contributed by atoms with Crippen molar-refractivity contribution in [2.75, 3.05) is 26.9 Å². The highest BCUT2D eigenvalue weighted by atomic mass is 16.5. The molecule has 0 bridgehead atoms. The third-order valence-electron chi connectivity index (χ3n) is 3.13. The minimum atomic E-state index is 0.531. The summed E-state index contributed by atoms with van der Waals surface area (Å²) in [4.78, 5) is 0. The molecule has 3 heteroatoms. The van der Waals surface area contributed by atoms with Gasteiger partial charge in [-0.05, 0) is 43.5 Å². The SMILES string of the molecule is COCCc1ccc(OC[C@H]2CCCN2)cc1. The highest BCUT2D eigenvalue weighted by Gasteiger charge is 2.14. The summed E-state index contributed by atoms with van der Waals surface area (Å²) in [7, 11) is 1.73. The van der Waals surface area contributed by atoms with Gasteiger partial charge >= 0.3 is 0 Å². The van der Waals surface area contributed by atoms with E-state index < -0.39 is 0 Å². The zero-order chi connectivity index (χ0) is 11.9. The monoisotopic (exact) mass is 235 g/mol. The minimum absolute atomic E-state index is 0.531. The highest BCUT2D eigenvalue weighted by Crippen LogP contribution is 2.14. The quantitative estimate of drug-likeness (QED) is 0.818. The second kappa shape index (κ2) is 6.62. The molecule has 1 fully saturated rings. The lowest BCUT2D eigenvalue weighted by atomic mass is 10.1. The van der Waals surface area contributed by atoms with Gasteiger partial charge in [0.25, 0.3) is 0 Å². The maximum absolute atomic E-state index is 5.76. The molecule has 1 aromatic rings. The molecule has 1 saturated heterocycles. The van der Waals surface area contributed by atoms with E-state index >= 15 is 0 Å². The molecule has 1 aliphatic heterocycles. The fourth-order valence-electron chi connectivity index (χ4n) is 2.07. The Labute approximate surface area is 103 Å². The summed E-state index contributed by atoms with van der Waals surface area (Å²) in [6.45, 7) is 2.67. The van der Waals surface area contributed by atoms with Gasteiger partial charge in [-0.25, -0.2) is 0 Å². The molecule has 2 rings (SSSR count). The number of methoxy groups -OCH3 is 1. The van der Waals surface area contributed by atoms with Crippen molar-refractivity contribution in [1.29, 1.82) is 0 Å². The van der Waals surface area contributed by atoms with Crippen molar-refractivity contribution < 1.29 is 9.47 Å². The Kier molecular flexibility index (Phi) is 4.83. The third-order valence-corrected chi connectivity index (χ3v) is 3.13. The molecule has 1 aliphatic rings. The van der Waals surface area contributed by atoms with Crippen molar-refractivity contribution >= 4 is 0 Å². The topological polar surface area (TPSA) is 30.5 Å². The number of rotatable bonds is 6. The van der Waals surface area contributed by atoms with E-state index in [0.29, 0.717) is 6.04 Å². The lowest BCUT2D eigenvalue weighted by Gasteiger charge is -2.12. The average molecular weight is 235 g/mol. The zero-order valence-corrected chi connectivity index (χ0v) is 10.4. The van der Waals surface area contributed by atoms with Crippen LogP contribution in [0.3, 0.4) is 0 Å². The lowest BCUT2D eigenvalue weighted by molar-refractivity contribution is 0.202. The van der Waals surface area contributed by atoms with Gasteiger partial charge in [0.2, 0.25) is 0 Å². The fourth-order valence-corrected chi connectivity index (χ4v) is 2.07. The van der Waals surface area contributed by atoms with E-state index in [0.717, 1.165) is 31.9 Å². The molecular formula is C14H21NO2. The van der Waals surface area contributed by atoms with Crippen LogP contribution in [0.5, 0.6) is 5.75 Å². The Morgan fingerprint density at radius 3 is 2.76 bits per heavy atom. The molecule has 94 valence electrons. The maximum Gasteiger partial charge on any atom is 0.119 e. The molecule has 0 aromatic heterocycles. The second-order valence-corrected chi connectivity index (χ2v) is 4.49. The van der Waals surface area contributed by atoms with Gasteiger partial charge in [-0.3, -0.25) is 0 Å². The van der Waals surface area contributed by atoms with Crippen LogP contribution in [0.25, 0.3) is 0 Å². The smallest absolute Gasteiger partial charge is 0.119 e. The van der Waals surface area contributed by atoms with Gasteiger partial charge in [-0.15, -0.1) is 0 Å². The molecule has 1 atom stereocenters. The minimum Gasteiger partial charge on any atom is -0.492 e. The number of hydrogen-bond acceptors (Lipinski definition) is 3. The molecule has 0 aliphatic carbocycles. The number of hydrogen-bond donors (Lipinski definition) is 1. The molecule has 1 N–H and O–H groups in total. The van der Waals surface area contributed by atoms with Gasteiger partial charge in [0.1, 0.15) is 12.4 Å². The summed E-state index contributed by atoms with van der Waals surface area (Å²) in [5.74, 6) is 0.958. The van der Waals surface area contributed by atoms with Crippen LogP contribution in [-0.4, -0.2) is 32.9 Å². The van der Waals surface area contributed by atoms with Crippen molar-refractivity contribution in [1.82, 2.24) is 5.32 Å². The first kappa shape index (κ1) is 12.4. The molecule has 1 heterocycles. The van der Waals surface area contributed by atoms with Crippen LogP contribution in [0.4, 0.5) is 0 Å². The maximum atomic E-state index is 5.76. The Balaban J connectivity index is 1.76. The van der Waals surface area contributed by atoms with Crippen LogP contribution in [0.2, 0.25) is 0 Å². The van der Waals surface area contributed by atoms with Gasteiger partial charge in [0.05, 0.1) is 6.61 Å². The van der Waals surface area contributed by atoms with Crippen molar-refractivity contribution in [3.8, 4) is 5.75 Å². The first-order valence-electron chi connectivity index (χ1n) is 6.32.